The van der Waals surface area contributed by atoms with Crippen LogP contribution in [-0.4, -0.2) is 43.0 Å². The SMILES string of the molecule is CC(=O)N1CCC[C@H]1c1cncc(CNC(=O)CCn2ccc(C)n2)n1. The number of carbonyl (C=O) groups is 2. The third-order valence-electron chi connectivity index (χ3n) is 4.51. The van der Waals surface area contributed by atoms with Gasteiger partial charge in [0, 0.05) is 32.6 Å². The molecule has 1 fully saturated rings. The Morgan fingerprint density at radius 2 is 2.19 bits per heavy atom. The van der Waals surface area contributed by atoms with Crippen LogP contribution in [0.25, 0.3) is 0 Å². The molecule has 2 aromatic rings. The highest BCUT2D eigenvalue weighted by atomic mass is 16.2. The van der Waals surface area contributed by atoms with Crippen LogP contribution in [0.2, 0.25) is 0 Å². The molecule has 1 saturated heterocycles. The molecule has 2 aromatic heterocycles. The third-order valence-corrected chi connectivity index (χ3v) is 4.51. The average Bonchev–Trinajstić information content (AvgIpc) is 3.27. The van der Waals surface area contributed by atoms with Crippen molar-refractivity contribution >= 4 is 11.8 Å². The molecule has 1 N–H and O–H groups in total. The Morgan fingerprint density at radius 3 is 2.92 bits per heavy atom. The topological polar surface area (TPSA) is 93.0 Å². The number of rotatable bonds is 6. The molecule has 1 atom stereocenters. The van der Waals surface area contributed by atoms with E-state index in [-0.39, 0.29) is 17.9 Å². The number of amides is 2. The number of aromatic nitrogens is 4. The molecule has 8 heteroatoms. The van der Waals surface area contributed by atoms with Crippen molar-refractivity contribution in [3.05, 3.63) is 41.7 Å². The molecule has 0 bridgehead atoms. The predicted octanol–water partition coefficient (Wildman–Crippen LogP) is 1.37. The minimum absolute atomic E-state index is 0.0151. The molecule has 26 heavy (non-hydrogen) atoms. The van der Waals surface area contributed by atoms with E-state index in [1.807, 2.05) is 24.1 Å². The first-order chi connectivity index (χ1) is 12.5. The summed E-state index contributed by atoms with van der Waals surface area (Å²) in [5.41, 5.74) is 2.42. The summed E-state index contributed by atoms with van der Waals surface area (Å²) < 4.78 is 1.76. The van der Waals surface area contributed by atoms with E-state index in [0.717, 1.165) is 30.8 Å². The van der Waals surface area contributed by atoms with Gasteiger partial charge >= 0.3 is 0 Å². The Labute approximate surface area is 152 Å². The molecule has 1 aliphatic rings. The van der Waals surface area contributed by atoms with Crippen LogP contribution in [0, 0.1) is 6.92 Å². The quantitative estimate of drug-likeness (QED) is 0.844. The zero-order valence-corrected chi connectivity index (χ0v) is 15.2. The lowest BCUT2D eigenvalue weighted by Crippen LogP contribution is -2.29. The van der Waals surface area contributed by atoms with E-state index in [2.05, 4.69) is 20.4 Å². The molecule has 0 unspecified atom stereocenters. The maximum absolute atomic E-state index is 12.0. The Kier molecular flexibility index (Phi) is 5.60. The summed E-state index contributed by atoms with van der Waals surface area (Å²) in [4.78, 5) is 34.4. The van der Waals surface area contributed by atoms with Gasteiger partial charge < -0.3 is 10.2 Å². The Balaban J connectivity index is 1.53. The molecule has 138 valence electrons. The summed E-state index contributed by atoms with van der Waals surface area (Å²) in [7, 11) is 0. The summed E-state index contributed by atoms with van der Waals surface area (Å²) in [6, 6.07) is 1.89. The fourth-order valence-corrected chi connectivity index (χ4v) is 3.20. The molecule has 0 saturated carbocycles. The molecule has 0 aliphatic carbocycles. The number of hydrogen-bond donors (Lipinski definition) is 1. The van der Waals surface area contributed by atoms with Crippen LogP contribution in [0.1, 0.15) is 49.3 Å². The van der Waals surface area contributed by atoms with Gasteiger partial charge in [0.15, 0.2) is 0 Å². The van der Waals surface area contributed by atoms with Crippen molar-refractivity contribution in [2.45, 2.75) is 52.2 Å². The van der Waals surface area contributed by atoms with E-state index < -0.39 is 0 Å². The summed E-state index contributed by atoms with van der Waals surface area (Å²) in [6.07, 6.45) is 7.44. The van der Waals surface area contributed by atoms with Crippen LogP contribution in [0.4, 0.5) is 0 Å². The van der Waals surface area contributed by atoms with E-state index in [1.165, 1.54) is 0 Å². The second-order valence-corrected chi connectivity index (χ2v) is 6.55. The van der Waals surface area contributed by atoms with Crippen LogP contribution in [0.5, 0.6) is 0 Å². The molecule has 1 aliphatic heterocycles. The van der Waals surface area contributed by atoms with Crippen molar-refractivity contribution in [3.8, 4) is 0 Å². The molecule has 3 heterocycles. The molecule has 8 nitrogen and oxygen atoms in total. The maximum Gasteiger partial charge on any atom is 0.222 e. The van der Waals surface area contributed by atoms with Gasteiger partial charge in [-0.1, -0.05) is 0 Å². The highest BCUT2D eigenvalue weighted by Crippen LogP contribution is 2.30. The number of carbonyl (C=O) groups excluding carboxylic acids is 2. The van der Waals surface area contributed by atoms with Crippen LogP contribution in [0.15, 0.2) is 24.7 Å². The van der Waals surface area contributed by atoms with Gasteiger partial charge in [0.05, 0.1) is 42.1 Å². The molecule has 0 spiro atoms. The Bertz CT molecular complexity index is 787. The number of likely N-dealkylation sites (tertiary alicyclic amines) is 1. The predicted molar refractivity (Wildman–Crippen MR) is 94.8 cm³/mol. The highest BCUT2D eigenvalue weighted by Gasteiger charge is 2.29. The van der Waals surface area contributed by atoms with Crippen molar-refractivity contribution < 1.29 is 9.59 Å². The number of hydrogen-bond acceptors (Lipinski definition) is 5. The summed E-state index contributed by atoms with van der Waals surface area (Å²) in [5.74, 6) is -0.00144. The molecule has 0 aromatic carbocycles. The van der Waals surface area contributed by atoms with Crippen molar-refractivity contribution in [2.24, 2.45) is 0 Å². The van der Waals surface area contributed by atoms with E-state index >= 15 is 0 Å². The minimum Gasteiger partial charge on any atom is -0.350 e. The first-order valence-corrected chi connectivity index (χ1v) is 8.87. The fraction of sp³-hybridized carbons (Fsp3) is 0.500. The lowest BCUT2D eigenvalue weighted by Gasteiger charge is -2.22. The monoisotopic (exact) mass is 356 g/mol. The number of nitrogens with zero attached hydrogens (tertiary/aromatic N) is 5. The lowest BCUT2D eigenvalue weighted by atomic mass is 10.1. The summed E-state index contributed by atoms with van der Waals surface area (Å²) in [5, 5.41) is 7.12. The van der Waals surface area contributed by atoms with Crippen LogP contribution < -0.4 is 5.32 Å². The fourth-order valence-electron chi connectivity index (χ4n) is 3.20. The number of nitrogens with one attached hydrogen (secondary N) is 1. The van der Waals surface area contributed by atoms with Crippen LogP contribution >= 0.6 is 0 Å². The zero-order chi connectivity index (χ0) is 18.5. The van der Waals surface area contributed by atoms with Gasteiger partial charge in [-0.15, -0.1) is 0 Å². The van der Waals surface area contributed by atoms with E-state index in [4.69, 9.17) is 0 Å². The first-order valence-electron chi connectivity index (χ1n) is 8.87. The standard InChI is InChI=1S/C18H24N6O2/c1-13-5-8-23(22-13)9-6-18(26)20-11-15-10-19-12-16(21-15)17-4-3-7-24(17)14(2)25/h5,8,10,12,17H,3-4,6-7,9,11H2,1-2H3,(H,20,26)/t17-/m0/s1. The Morgan fingerprint density at radius 1 is 1.35 bits per heavy atom. The second kappa shape index (κ2) is 8.07. The second-order valence-electron chi connectivity index (χ2n) is 6.55. The molecule has 0 radical (unpaired) electrons. The molecule has 2 amide bonds. The highest BCUT2D eigenvalue weighted by molar-refractivity contribution is 5.75. The molecular formula is C18H24N6O2. The molecular weight excluding hydrogens is 332 g/mol. The van der Waals surface area contributed by atoms with E-state index in [1.54, 1.807) is 24.0 Å². The van der Waals surface area contributed by atoms with Crippen molar-refractivity contribution in [1.29, 1.82) is 0 Å². The van der Waals surface area contributed by atoms with Gasteiger partial charge in [0.25, 0.3) is 0 Å². The van der Waals surface area contributed by atoms with E-state index in [0.29, 0.717) is 25.2 Å². The smallest absolute Gasteiger partial charge is 0.222 e. The van der Waals surface area contributed by atoms with E-state index in [9.17, 15) is 9.59 Å². The van der Waals surface area contributed by atoms with Gasteiger partial charge in [-0.2, -0.15) is 5.10 Å². The molecule has 3 rings (SSSR count). The van der Waals surface area contributed by atoms with Crippen molar-refractivity contribution in [2.75, 3.05) is 6.54 Å². The van der Waals surface area contributed by atoms with Crippen LogP contribution in [-0.2, 0) is 22.7 Å². The van der Waals surface area contributed by atoms with Gasteiger partial charge in [0.2, 0.25) is 11.8 Å². The average molecular weight is 356 g/mol. The van der Waals surface area contributed by atoms with Crippen LogP contribution in [0.3, 0.4) is 0 Å². The summed E-state index contributed by atoms with van der Waals surface area (Å²) in [6.45, 7) is 5.12. The summed E-state index contributed by atoms with van der Waals surface area (Å²) >= 11 is 0. The van der Waals surface area contributed by atoms with Gasteiger partial charge in [-0.05, 0) is 25.8 Å². The maximum atomic E-state index is 12.0. The number of aryl methyl sites for hydroxylation is 2. The third kappa shape index (κ3) is 4.44. The normalized spacial score (nSPS) is 16.7. The Hall–Kier alpha value is -2.77. The van der Waals surface area contributed by atoms with Gasteiger partial charge in [0.1, 0.15) is 0 Å². The van der Waals surface area contributed by atoms with Crippen molar-refractivity contribution in [1.82, 2.24) is 30.0 Å². The zero-order valence-electron chi connectivity index (χ0n) is 15.2. The van der Waals surface area contributed by atoms with Gasteiger partial charge in [-0.25, -0.2) is 0 Å². The minimum atomic E-state index is -0.0587. The largest absolute Gasteiger partial charge is 0.350 e. The lowest BCUT2D eigenvalue weighted by molar-refractivity contribution is -0.129. The van der Waals surface area contributed by atoms with Crippen molar-refractivity contribution in [3.63, 3.8) is 0 Å². The van der Waals surface area contributed by atoms with Gasteiger partial charge in [-0.3, -0.25) is 24.2 Å². The first kappa shape index (κ1) is 18.0.